The molecule has 1 heterocycles. The minimum absolute atomic E-state index is 0.108. The topological polar surface area (TPSA) is 83.9 Å². The molecule has 9 heteroatoms. The highest BCUT2D eigenvalue weighted by atomic mass is 35.5. The van der Waals surface area contributed by atoms with Crippen molar-refractivity contribution in [3.63, 3.8) is 0 Å². The maximum Gasteiger partial charge on any atom is 0.337 e. The quantitative estimate of drug-likeness (QED) is 0.899. The number of benzene rings is 1. The molecule has 1 atom stereocenters. The van der Waals surface area contributed by atoms with Crippen molar-refractivity contribution in [2.24, 2.45) is 0 Å². The van der Waals surface area contributed by atoms with Gasteiger partial charge in [-0.2, -0.15) is 4.31 Å². The van der Waals surface area contributed by atoms with Gasteiger partial charge in [0, 0.05) is 12.6 Å². The Morgan fingerprint density at radius 3 is 2.62 bits per heavy atom. The fourth-order valence-corrected chi connectivity index (χ4v) is 4.52. The lowest BCUT2D eigenvalue weighted by molar-refractivity contribution is 0.0392. The first kappa shape index (κ1) is 16.5. The molecule has 0 bridgehead atoms. The van der Waals surface area contributed by atoms with E-state index < -0.39 is 16.0 Å². The number of hydrogen-bond acceptors (Lipinski definition) is 4. The summed E-state index contributed by atoms with van der Waals surface area (Å²) in [6.07, 6.45) is 0. The van der Waals surface area contributed by atoms with E-state index in [0.29, 0.717) is 0 Å². The molecule has 0 amide bonds. The smallest absolute Gasteiger partial charge is 0.337 e. The van der Waals surface area contributed by atoms with Gasteiger partial charge < -0.3 is 9.84 Å². The van der Waals surface area contributed by atoms with E-state index in [0.717, 1.165) is 12.1 Å². The van der Waals surface area contributed by atoms with E-state index in [1.165, 1.54) is 4.31 Å². The number of carbonyl (C=O) groups is 1. The van der Waals surface area contributed by atoms with E-state index >= 15 is 0 Å². The van der Waals surface area contributed by atoms with Crippen LogP contribution in [-0.4, -0.2) is 49.6 Å². The second-order valence-corrected chi connectivity index (χ2v) is 7.28. The van der Waals surface area contributed by atoms with Crippen molar-refractivity contribution in [2.45, 2.75) is 17.9 Å². The maximum atomic E-state index is 12.7. The van der Waals surface area contributed by atoms with Gasteiger partial charge in [0.1, 0.15) is 4.90 Å². The molecule has 0 radical (unpaired) electrons. The lowest BCUT2D eigenvalue weighted by atomic mass is 10.2. The average molecular weight is 354 g/mol. The molecule has 1 saturated heterocycles. The molecule has 0 aromatic heterocycles. The Bertz CT molecular complexity index is 676. The van der Waals surface area contributed by atoms with E-state index in [2.05, 4.69) is 0 Å². The minimum atomic E-state index is -3.92. The number of morpholine rings is 1. The zero-order valence-corrected chi connectivity index (χ0v) is 13.4. The van der Waals surface area contributed by atoms with Crippen LogP contribution in [0.2, 0.25) is 10.0 Å². The number of carboxylic acids is 1. The molecule has 116 valence electrons. The lowest BCUT2D eigenvalue weighted by Crippen LogP contribution is -2.47. The number of ether oxygens (including phenoxy) is 1. The Kier molecular flexibility index (Phi) is 4.79. The molecular formula is C12H13Cl2NO5S. The molecular weight excluding hydrogens is 341 g/mol. The van der Waals surface area contributed by atoms with Gasteiger partial charge in [-0.3, -0.25) is 0 Å². The van der Waals surface area contributed by atoms with Crippen molar-refractivity contribution in [2.75, 3.05) is 19.8 Å². The van der Waals surface area contributed by atoms with Crippen LogP contribution in [0, 0.1) is 0 Å². The largest absolute Gasteiger partial charge is 0.478 e. The van der Waals surface area contributed by atoms with Crippen LogP contribution in [0.3, 0.4) is 0 Å². The minimum Gasteiger partial charge on any atom is -0.478 e. The molecule has 21 heavy (non-hydrogen) atoms. The van der Waals surface area contributed by atoms with Crippen molar-refractivity contribution in [1.82, 2.24) is 4.31 Å². The van der Waals surface area contributed by atoms with Gasteiger partial charge in [-0.25, -0.2) is 13.2 Å². The van der Waals surface area contributed by atoms with Gasteiger partial charge in [0.25, 0.3) is 0 Å². The number of halogens is 2. The summed E-state index contributed by atoms with van der Waals surface area (Å²) >= 11 is 11.7. The van der Waals surface area contributed by atoms with Gasteiger partial charge in [0.05, 0.1) is 28.8 Å². The first-order valence-electron chi connectivity index (χ1n) is 6.07. The molecule has 1 aromatic carbocycles. The lowest BCUT2D eigenvalue weighted by Gasteiger charge is -2.32. The highest BCUT2D eigenvalue weighted by Gasteiger charge is 2.33. The number of rotatable bonds is 3. The Morgan fingerprint density at radius 2 is 2.05 bits per heavy atom. The number of aromatic carboxylic acids is 1. The zero-order chi connectivity index (χ0) is 15.8. The van der Waals surface area contributed by atoms with E-state index in [1.807, 2.05) is 0 Å². The molecule has 0 saturated carbocycles. The van der Waals surface area contributed by atoms with Gasteiger partial charge in [0.15, 0.2) is 0 Å². The molecule has 1 aromatic rings. The highest BCUT2D eigenvalue weighted by Crippen LogP contribution is 2.31. The molecule has 0 spiro atoms. The van der Waals surface area contributed by atoms with Crippen LogP contribution >= 0.6 is 23.2 Å². The van der Waals surface area contributed by atoms with Crippen LogP contribution in [0.4, 0.5) is 0 Å². The fourth-order valence-electron chi connectivity index (χ4n) is 2.09. The van der Waals surface area contributed by atoms with Crippen molar-refractivity contribution in [3.05, 3.63) is 27.7 Å². The van der Waals surface area contributed by atoms with Gasteiger partial charge in [-0.1, -0.05) is 23.2 Å². The third-order valence-electron chi connectivity index (χ3n) is 3.15. The first-order valence-corrected chi connectivity index (χ1v) is 8.26. The summed E-state index contributed by atoms with van der Waals surface area (Å²) in [6.45, 7) is 2.44. The second kappa shape index (κ2) is 6.10. The Labute approximate surface area is 132 Å². The summed E-state index contributed by atoms with van der Waals surface area (Å²) in [5.41, 5.74) is -0.305. The third kappa shape index (κ3) is 3.17. The number of carboxylic acid groups (broad SMARTS) is 1. The van der Waals surface area contributed by atoms with Crippen LogP contribution < -0.4 is 0 Å². The predicted octanol–water partition coefficient (Wildman–Crippen LogP) is 2.10. The first-order chi connectivity index (χ1) is 9.75. The summed E-state index contributed by atoms with van der Waals surface area (Å²) in [5.74, 6) is -1.32. The van der Waals surface area contributed by atoms with Gasteiger partial charge in [-0.05, 0) is 19.1 Å². The third-order valence-corrected chi connectivity index (χ3v) is 5.94. The summed E-state index contributed by atoms with van der Waals surface area (Å²) < 4.78 is 31.8. The zero-order valence-electron chi connectivity index (χ0n) is 11.0. The standard InChI is InChI=1S/C12H13Cl2NO5S/c1-7-6-20-3-2-15(7)21(18,19)11-4-8(12(16)17)9(13)5-10(11)14/h4-5,7H,2-3,6H2,1H3,(H,16,17)/t7-/m1/s1. The summed E-state index contributed by atoms with van der Waals surface area (Å²) in [4.78, 5) is 10.8. The van der Waals surface area contributed by atoms with Crippen LogP contribution in [0.25, 0.3) is 0 Å². The molecule has 1 N–H and O–H groups in total. The van der Waals surface area contributed by atoms with Crippen molar-refractivity contribution >= 4 is 39.2 Å². The Balaban J connectivity index is 2.54. The molecule has 2 rings (SSSR count). The van der Waals surface area contributed by atoms with Gasteiger partial charge in [-0.15, -0.1) is 0 Å². The van der Waals surface area contributed by atoms with E-state index in [-0.39, 0.29) is 46.3 Å². The second-order valence-electron chi connectivity index (χ2n) is 4.61. The van der Waals surface area contributed by atoms with Crippen LogP contribution in [0.5, 0.6) is 0 Å². The van der Waals surface area contributed by atoms with Crippen LogP contribution in [0.15, 0.2) is 17.0 Å². The number of sulfonamides is 1. The van der Waals surface area contributed by atoms with Crippen LogP contribution in [-0.2, 0) is 14.8 Å². The van der Waals surface area contributed by atoms with E-state index in [9.17, 15) is 13.2 Å². The SMILES string of the molecule is C[C@@H]1COCCN1S(=O)(=O)c1cc(C(=O)O)c(Cl)cc1Cl. The van der Waals surface area contributed by atoms with Crippen molar-refractivity contribution < 1.29 is 23.1 Å². The summed E-state index contributed by atoms with van der Waals surface area (Å²) in [5, 5.41) is 8.84. The molecule has 0 aliphatic carbocycles. The summed E-state index contributed by atoms with van der Waals surface area (Å²) in [7, 11) is -3.92. The molecule has 1 aliphatic rings. The van der Waals surface area contributed by atoms with E-state index in [4.69, 9.17) is 33.0 Å². The monoisotopic (exact) mass is 353 g/mol. The number of nitrogens with zero attached hydrogens (tertiary/aromatic N) is 1. The normalized spacial score (nSPS) is 20.4. The molecule has 0 unspecified atom stereocenters. The summed E-state index contributed by atoms with van der Waals surface area (Å²) in [6, 6.07) is 1.76. The van der Waals surface area contributed by atoms with E-state index in [1.54, 1.807) is 6.92 Å². The van der Waals surface area contributed by atoms with Gasteiger partial charge in [0.2, 0.25) is 10.0 Å². The predicted molar refractivity (Wildman–Crippen MR) is 77.6 cm³/mol. The van der Waals surface area contributed by atoms with Crippen molar-refractivity contribution in [3.8, 4) is 0 Å². The Morgan fingerprint density at radius 1 is 1.38 bits per heavy atom. The Hall–Kier alpha value is -0.860. The highest BCUT2D eigenvalue weighted by molar-refractivity contribution is 7.89. The fraction of sp³-hybridized carbons (Fsp3) is 0.417. The molecule has 1 fully saturated rings. The maximum absolute atomic E-state index is 12.7. The van der Waals surface area contributed by atoms with Crippen LogP contribution in [0.1, 0.15) is 17.3 Å². The number of hydrogen-bond donors (Lipinski definition) is 1. The molecule has 1 aliphatic heterocycles. The molecule has 6 nitrogen and oxygen atoms in total. The van der Waals surface area contributed by atoms with Crippen molar-refractivity contribution in [1.29, 1.82) is 0 Å². The average Bonchev–Trinajstić information content (AvgIpc) is 2.38. The van der Waals surface area contributed by atoms with Gasteiger partial charge >= 0.3 is 5.97 Å².